The predicted octanol–water partition coefficient (Wildman–Crippen LogP) is 10.9. The Morgan fingerprint density at radius 2 is 0.744 bits per heavy atom. The van der Waals surface area contributed by atoms with Crippen molar-refractivity contribution in [2.24, 2.45) is 0 Å². The molecule has 0 aliphatic carbocycles. The fraction of sp³-hybridized carbons (Fsp3) is 0.150. The van der Waals surface area contributed by atoms with Gasteiger partial charge in [-0.15, -0.1) is 0 Å². The number of hydrogen-bond acceptors (Lipinski definition) is 0. The molecule has 5 aromatic carbocycles. The summed E-state index contributed by atoms with van der Waals surface area (Å²) < 4.78 is 7.21. The van der Waals surface area contributed by atoms with Crippen LogP contribution in [0.5, 0.6) is 0 Å². The molecule has 0 radical (unpaired) electrons. The summed E-state index contributed by atoms with van der Waals surface area (Å²) in [6.45, 7) is 9.13. The summed E-state index contributed by atoms with van der Waals surface area (Å²) in [4.78, 5) is 0. The Balaban J connectivity index is 1.48. The number of para-hydroxylation sites is 4. The molecule has 210 valence electrons. The molecular formula is C40H35N3. The Labute approximate surface area is 252 Å². The maximum absolute atomic E-state index is 2.43. The van der Waals surface area contributed by atoms with Gasteiger partial charge in [0.1, 0.15) is 0 Å². The van der Waals surface area contributed by atoms with Crippen molar-refractivity contribution in [3.63, 3.8) is 0 Å². The van der Waals surface area contributed by atoms with Gasteiger partial charge in [-0.2, -0.15) is 0 Å². The second-order valence-electron chi connectivity index (χ2n) is 12.3. The minimum Gasteiger partial charge on any atom is -0.316 e. The molecule has 0 saturated heterocycles. The highest BCUT2D eigenvalue weighted by atomic mass is 15.0. The van der Waals surface area contributed by atoms with E-state index >= 15 is 0 Å². The zero-order valence-electron chi connectivity index (χ0n) is 25.1. The van der Waals surface area contributed by atoms with E-state index in [1.54, 1.807) is 0 Å². The Morgan fingerprint density at radius 1 is 0.395 bits per heavy atom. The van der Waals surface area contributed by atoms with Crippen molar-refractivity contribution >= 4 is 43.6 Å². The summed E-state index contributed by atoms with van der Waals surface area (Å²) >= 11 is 0. The standard InChI is InChI=1S/C40H35N3/c1-26(2)35-24-41(37-17-9-5-15-33(35)37)28-21-29(42-25-36(27(3)4)34-16-6-10-18-38(34)42)23-30(22-28)43-39-19-11-7-13-31(39)32-14-8-12-20-40(32)43/h5-27H,1-4H3. The first-order chi connectivity index (χ1) is 21.0. The monoisotopic (exact) mass is 557 g/mol. The van der Waals surface area contributed by atoms with Crippen molar-refractivity contribution in [3.05, 3.63) is 139 Å². The summed E-state index contributed by atoms with van der Waals surface area (Å²) in [6, 6.07) is 42.2. The van der Waals surface area contributed by atoms with Crippen molar-refractivity contribution in [1.29, 1.82) is 0 Å². The van der Waals surface area contributed by atoms with Gasteiger partial charge in [-0.1, -0.05) is 100 Å². The molecule has 3 nitrogen and oxygen atoms in total. The molecule has 8 rings (SSSR count). The van der Waals surface area contributed by atoms with E-state index in [4.69, 9.17) is 0 Å². The lowest BCUT2D eigenvalue weighted by molar-refractivity contribution is 0.868. The van der Waals surface area contributed by atoms with Crippen molar-refractivity contribution in [1.82, 2.24) is 13.7 Å². The summed E-state index contributed by atoms with van der Waals surface area (Å²) in [5.74, 6) is 0.848. The number of benzene rings is 5. The minimum absolute atomic E-state index is 0.424. The number of fused-ring (bicyclic) bond motifs is 5. The second-order valence-corrected chi connectivity index (χ2v) is 12.3. The van der Waals surface area contributed by atoms with Crippen molar-refractivity contribution in [2.75, 3.05) is 0 Å². The fourth-order valence-corrected chi connectivity index (χ4v) is 6.95. The summed E-state index contributed by atoms with van der Waals surface area (Å²) in [6.07, 6.45) is 4.69. The maximum Gasteiger partial charge on any atom is 0.0541 e. The van der Waals surface area contributed by atoms with Gasteiger partial charge < -0.3 is 13.7 Å². The number of hydrogen-bond donors (Lipinski definition) is 0. The highest BCUT2D eigenvalue weighted by molar-refractivity contribution is 6.09. The first kappa shape index (κ1) is 25.7. The average molecular weight is 558 g/mol. The molecule has 0 amide bonds. The van der Waals surface area contributed by atoms with E-state index in [0.29, 0.717) is 11.8 Å². The van der Waals surface area contributed by atoms with Gasteiger partial charge in [0.25, 0.3) is 0 Å². The molecule has 0 unspecified atom stereocenters. The van der Waals surface area contributed by atoms with Gasteiger partial charge in [-0.05, 0) is 65.4 Å². The van der Waals surface area contributed by atoms with Gasteiger partial charge in [-0.25, -0.2) is 0 Å². The Bertz CT molecular complexity index is 2150. The van der Waals surface area contributed by atoms with Gasteiger partial charge >= 0.3 is 0 Å². The zero-order valence-corrected chi connectivity index (χ0v) is 25.1. The van der Waals surface area contributed by atoms with Gasteiger partial charge in [-0.3, -0.25) is 0 Å². The topological polar surface area (TPSA) is 14.8 Å². The van der Waals surface area contributed by atoms with Crippen LogP contribution in [0.4, 0.5) is 0 Å². The molecule has 0 bridgehead atoms. The highest BCUT2D eigenvalue weighted by Gasteiger charge is 2.18. The van der Waals surface area contributed by atoms with Crippen LogP contribution in [-0.4, -0.2) is 13.7 Å². The lowest BCUT2D eigenvalue weighted by Gasteiger charge is -2.16. The summed E-state index contributed by atoms with van der Waals surface area (Å²) in [5.41, 5.74) is 11.1. The molecule has 3 aromatic heterocycles. The van der Waals surface area contributed by atoms with E-state index in [-0.39, 0.29) is 0 Å². The molecule has 3 heterocycles. The van der Waals surface area contributed by atoms with E-state index < -0.39 is 0 Å². The van der Waals surface area contributed by atoms with Gasteiger partial charge in [0.15, 0.2) is 0 Å². The number of rotatable bonds is 5. The lowest BCUT2D eigenvalue weighted by Crippen LogP contribution is -2.02. The summed E-state index contributed by atoms with van der Waals surface area (Å²) in [7, 11) is 0. The molecule has 0 N–H and O–H groups in total. The number of nitrogens with zero attached hydrogens (tertiary/aromatic N) is 3. The lowest BCUT2D eigenvalue weighted by atomic mass is 10.0. The average Bonchev–Trinajstić information content (AvgIpc) is 3.71. The van der Waals surface area contributed by atoms with E-state index in [0.717, 1.165) is 17.1 Å². The first-order valence-electron chi connectivity index (χ1n) is 15.3. The third-order valence-electron chi connectivity index (χ3n) is 9.01. The smallest absolute Gasteiger partial charge is 0.0541 e. The third-order valence-corrected chi connectivity index (χ3v) is 9.01. The molecule has 0 saturated carbocycles. The highest BCUT2D eigenvalue weighted by Crippen LogP contribution is 2.37. The molecule has 8 aromatic rings. The molecular weight excluding hydrogens is 522 g/mol. The Hall–Kier alpha value is -5.02. The molecule has 0 aliphatic rings. The maximum atomic E-state index is 2.43. The quantitative estimate of drug-likeness (QED) is 0.200. The van der Waals surface area contributed by atoms with Crippen LogP contribution in [0.3, 0.4) is 0 Å². The predicted molar refractivity (Wildman–Crippen MR) is 183 cm³/mol. The third kappa shape index (κ3) is 3.95. The van der Waals surface area contributed by atoms with Crippen LogP contribution < -0.4 is 0 Å². The van der Waals surface area contributed by atoms with Crippen LogP contribution in [0.25, 0.3) is 60.7 Å². The van der Waals surface area contributed by atoms with Crippen LogP contribution in [0, 0.1) is 0 Å². The SMILES string of the molecule is CC(C)c1cn(-c2cc(-n3cc(C(C)C)c4ccccc43)cc(-n3c4ccccc4c4ccccc43)c2)c2ccccc12. The van der Waals surface area contributed by atoms with E-state index in [2.05, 4.69) is 169 Å². The van der Waals surface area contributed by atoms with Crippen molar-refractivity contribution in [2.45, 2.75) is 39.5 Å². The minimum atomic E-state index is 0.424. The number of aromatic nitrogens is 3. The van der Waals surface area contributed by atoms with Crippen molar-refractivity contribution < 1.29 is 0 Å². The largest absolute Gasteiger partial charge is 0.316 e. The molecule has 43 heavy (non-hydrogen) atoms. The molecule has 0 spiro atoms. The zero-order chi connectivity index (χ0) is 29.2. The molecule has 0 atom stereocenters. The Morgan fingerprint density at radius 3 is 1.16 bits per heavy atom. The fourth-order valence-electron chi connectivity index (χ4n) is 6.95. The van der Waals surface area contributed by atoms with E-state index in [1.165, 1.54) is 54.7 Å². The molecule has 0 aliphatic heterocycles. The van der Waals surface area contributed by atoms with Gasteiger partial charge in [0.2, 0.25) is 0 Å². The van der Waals surface area contributed by atoms with Gasteiger partial charge in [0.05, 0.1) is 27.8 Å². The molecule has 3 heteroatoms. The van der Waals surface area contributed by atoms with E-state index in [1.807, 2.05) is 0 Å². The first-order valence-corrected chi connectivity index (χ1v) is 15.3. The van der Waals surface area contributed by atoms with Crippen LogP contribution >= 0.6 is 0 Å². The van der Waals surface area contributed by atoms with E-state index in [9.17, 15) is 0 Å². The van der Waals surface area contributed by atoms with Crippen LogP contribution in [-0.2, 0) is 0 Å². The normalized spacial score (nSPS) is 12.1. The second kappa shape index (κ2) is 9.78. The molecule has 0 fully saturated rings. The Kier molecular flexibility index (Phi) is 5.84. The van der Waals surface area contributed by atoms with Crippen LogP contribution in [0.15, 0.2) is 128 Å². The van der Waals surface area contributed by atoms with Crippen LogP contribution in [0.2, 0.25) is 0 Å². The summed E-state index contributed by atoms with van der Waals surface area (Å²) in [5, 5.41) is 5.17. The van der Waals surface area contributed by atoms with Gasteiger partial charge in [0, 0.05) is 45.3 Å². The van der Waals surface area contributed by atoms with Crippen molar-refractivity contribution in [3.8, 4) is 17.1 Å². The van der Waals surface area contributed by atoms with Crippen LogP contribution in [0.1, 0.15) is 50.7 Å².